The Kier molecular flexibility index (Phi) is 6.81. The molecule has 0 aliphatic carbocycles. The maximum absolute atomic E-state index is 12.8. The van der Waals surface area contributed by atoms with E-state index in [0.717, 1.165) is 37.9 Å². The van der Waals surface area contributed by atoms with E-state index in [2.05, 4.69) is 30.1 Å². The highest BCUT2D eigenvalue weighted by atomic mass is 16.3. The number of carbonyl (C=O) groups is 1. The molecule has 2 N–H and O–H groups in total. The van der Waals surface area contributed by atoms with Crippen LogP contribution in [0.25, 0.3) is 0 Å². The summed E-state index contributed by atoms with van der Waals surface area (Å²) in [6.07, 6.45) is 3.62. The van der Waals surface area contributed by atoms with Gasteiger partial charge < -0.3 is 10.4 Å². The van der Waals surface area contributed by atoms with Crippen LogP contribution in [0.15, 0.2) is 24.3 Å². The number of likely N-dealkylation sites (tertiary alicyclic amines) is 1. The van der Waals surface area contributed by atoms with Gasteiger partial charge >= 0.3 is 0 Å². The van der Waals surface area contributed by atoms with Crippen molar-refractivity contribution in [2.75, 3.05) is 11.9 Å². The van der Waals surface area contributed by atoms with Gasteiger partial charge in [0.15, 0.2) is 0 Å². The van der Waals surface area contributed by atoms with Crippen molar-refractivity contribution in [2.24, 2.45) is 0 Å². The molecule has 4 unspecified atom stereocenters. The number of rotatable bonds is 7. The predicted octanol–water partition coefficient (Wildman–Crippen LogP) is 3.76. The Balaban J connectivity index is 2.07. The summed E-state index contributed by atoms with van der Waals surface area (Å²) in [4.78, 5) is 15.0. The molecule has 0 bridgehead atoms. The fourth-order valence-corrected chi connectivity index (χ4v) is 3.66. The monoisotopic (exact) mass is 332 g/mol. The molecule has 4 nitrogen and oxygen atoms in total. The van der Waals surface area contributed by atoms with E-state index < -0.39 is 0 Å². The highest BCUT2D eigenvalue weighted by molar-refractivity contribution is 5.95. The summed E-state index contributed by atoms with van der Waals surface area (Å²) in [6.45, 7) is 9.08. The van der Waals surface area contributed by atoms with Gasteiger partial charge in [-0.25, -0.2) is 0 Å². The summed E-state index contributed by atoms with van der Waals surface area (Å²) < 4.78 is 0. The Morgan fingerprint density at radius 2 is 2.04 bits per heavy atom. The van der Waals surface area contributed by atoms with Gasteiger partial charge in [-0.1, -0.05) is 32.0 Å². The fourth-order valence-electron chi connectivity index (χ4n) is 3.66. The van der Waals surface area contributed by atoms with Gasteiger partial charge in [0, 0.05) is 11.7 Å². The van der Waals surface area contributed by atoms with Crippen LogP contribution in [-0.4, -0.2) is 40.6 Å². The van der Waals surface area contributed by atoms with Gasteiger partial charge in [-0.05, 0) is 63.6 Å². The third kappa shape index (κ3) is 4.58. The summed E-state index contributed by atoms with van der Waals surface area (Å²) >= 11 is 0. The minimum atomic E-state index is -0.322. The van der Waals surface area contributed by atoms with Crippen LogP contribution in [0.1, 0.15) is 64.9 Å². The molecule has 0 aromatic heterocycles. The van der Waals surface area contributed by atoms with Gasteiger partial charge in [-0.2, -0.15) is 0 Å². The molecule has 1 amide bonds. The smallest absolute Gasteiger partial charge is 0.241 e. The van der Waals surface area contributed by atoms with Gasteiger partial charge in [0.1, 0.15) is 0 Å². The minimum Gasteiger partial charge on any atom is -0.393 e. The van der Waals surface area contributed by atoms with Crippen LogP contribution in [0.4, 0.5) is 5.69 Å². The van der Waals surface area contributed by atoms with Crippen LogP contribution in [0, 0.1) is 0 Å². The molecule has 0 radical (unpaired) electrons. The zero-order valence-electron chi connectivity index (χ0n) is 15.5. The standard InChI is InChI=1S/C20H32N2O2/c1-5-14(2)18-10-6-7-11-19(18)21-20(24)16(4)22-12-8-9-17(22)13-15(3)23/h6-7,10-11,14-17,23H,5,8-9,12-13H2,1-4H3,(H,21,24). The third-order valence-corrected chi connectivity index (χ3v) is 5.27. The number of amides is 1. The second-order valence-corrected chi connectivity index (χ2v) is 7.18. The van der Waals surface area contributed by atoms with Crippen molar-refractivity contribution in [3.05, 3.63) is 29.8 Å². The van der Waals surface area contributed by atoms with Crippen LogP contribution in [-0.2, 0) is 4.79 Å². The average Bonchev–Trinajstić information content (AvgIpc) is 3.01. The van der Waals surface area contributed by atoms with Crippen LogP contribution in [0.3, 0.4) is 0 Å². The lowest BCUT2D eigenvalue weighted by atomic mass is 9.96. The first-order chi connectivity index (χ1) is 11.4. The Morgan fingerprint density at radius 3 is 2.71 bits per heavy atom. The van der Waals surface area contributed by atoms with Crippen molar-refractivity contribution in [1.29, 1.82) is 0 Å². The van der Waals surface area contributed by atoms with E-state index in [4.69, 9.17) is 0 Å². The molecule has 1 aromatic rings. The minimum absolute atomic E-state index is 0.0447. The summed E-state index contributed by atoms with van der Waals surface area (Å²) in [7, 11) is 0. The number of hydrogen-bond acceptors (Lipinski definition) is 3. The quantitative estimate of drug-likeness (QED) is 0.799. The molecule has 1 heterocycles. The number of benzene rings is 1. The molecule has 24 heavy (non-hydrogen) atoms. The molecule has 1 aliphatic heterocycles. The normalized spacial score (nSPS) is 22.1. The van der Waals surface area contributed by atoms with Gasteiger partial charge in [0.2, 0.25) is 5.91 Å². The molecule has 4 atom stereocenters. The van der Waals surface area contributed by atoms with Gasteiger partial charge in [-0.15, -0.1) is 0 Å². The van der Waals surface area contributed by atoms with Crippen LogP contribution >= 0.6 is 0 Å². The summed E-state index contributed by atoms with van der Waals surface area (Å²) in [5, 5.41) is 12.8. The van der Waals surface area contributed by atoms with Crippen molar-refractivity contribution in [2.45, 2.75) is 77.5 Å². The van der Waals surface area contributed by atoms with E-state index in [-0.39, 0.29) is 18.1 Å². The molecule has 1 saturated heterocycles. The fraction of sp³-hybridized carbons (Fsp3) is 0.650. The van der Waals surface area contributed by atoms with E-state index in [9.17, 15) is 9.90 Å². The third-order valence-electron chi connectivity index (χ3n) is 5.27. The second kappa shape index (κ2) is 8.63. The molecule has 1 aromatic carbocycles. The van der Waals surface area contributed by atoms with E-state index >= 15 is 0 Å². The molecular weight excluding hydrogens is 300 g/mol. The lowest BCUT2D eigenvalue weighted by Gasteiger charge is -2.31. The molecule has 2 rings (SSSR count). The van der Waals surface area contributed by atoms with Crippen molar-refractivity contribution >= 4 is 11.6 Å². The number of anilines is 1. The highest BCUT2D eigenvalue weighted by Crippen LogP contribution is 2.28. The molecule has 1 aliphatic rings. The van der Waals surface area contributed by atoms with Gasteiger partial charge in [-0.3, -0.25) is 9.69 Å². The van der Waals surface area contributed by atoms with E-state index in [1.54, 1.807) is 0 Å². The highest BCUT2D eigenvalue weighted by Gasteiger charge is 2.32. The number of nitrogens with one attached hydrogen (secondary N) is 1. The summed E-state index contributed by atoms with van der Waals surface area (Å²) in [6, 6.07) is 8.21. The van der Waals surface area contributed by atoms with E-state index in [1.807, 2.05) is 32.0 Å². The lowest BCUT2D eigenvalue weighted by Crippen LogP contribution is -2.45. The van der Waals surface area contributed by atoms with Crippen molar-refractivity contribution in [3.8, 4) is 0 Å². The first-order valence-corrected chi connectivity index (χ1v) is 9.27. The Hall–Kier alpha value is -1.39. The number of carbonyl (C=O) groups excluding carboxylic acids is 1. The molecular formula is C20H32N2O2. The molecule has 0 saturated carbocycles. The van der Waals surface area contributed by atoms with E-state index in [1.165, 1.54) is 5.56 Å². The molecule has 134 valence electrons. The second-order valence-electron chi connectivity index (χ2n) is 7.18. The number of para-hydroxylation sites is 1. The first kappa shape index (κ1) is 18.9. The first-order valence-electron chi connectivity index (χ1n) is 9.27. The molecule has 4 heteroatoms. The van der Waals surface area contributed by atoms with Crippen molar-refractivity contribution in [3.63, 3.8) is 0 Å². The number of hydrogen-bond donors (Lipinski definition) is 2. The molecule has 0 spiro atoms. The van der Waals surface area contributed by atoms with E-state index in [0.29, 0.717) is 12.0 Å². The largest absolute Gasteiger partial charge is 0.393 e. The maximum atomic E-state index is 12.8. The Bertz CT molecular complexity index is 544. The van der Waals surface area contributed by atoms with Crippen LogP contribution in [0.5, 0.6) is 0 Å². The molecule has 1 fully saturated rings. The Morgan fingerprint density at radius 1 is 1.33 bits per heavy atom. The van der Waals surface area contributed by atoms with Crippen LogP contribution < -0.4 is 5.32 Å². The van der Waals surface area contributed by atoms with Crippen LogP contribution in [0.2, 0.25) is 0 Å². The van der Waals surface area contributed by atoms with Gasteiger partial charge in [0.05, 0.1) is 12.1 Å². The SMILES string of the molecule is CCC(C)c1ccccc1NC(=O)C(C)N1CCCC1CC(C)O. The number of aliphatic hydroxyl groups is 1. The van der Waals surface area contributed by atoms with Crippen molar-refractivity contribution in [1.82, 2.24) is 4.90 Å². The zero-order chi connectivity index (χ0) is 17.7. The lowest BCUT2D eigenvalue weighted by molar-refractivity contribution is -0.121. The average molecular weight is 332 g/mol. The van der Waals surface area contributed by atoms with Gasteiger partial charge in [0.25, 0.3) is 0 Å². The van der Waals surface area contributed by atoms with Crippen molar-refractivity contribution < 1.29 is 9.90 Å². The number of aliphatic hydroxyl groups excluding tert-OH is 1. The predicted molar refractivity (Wildman–Crippen MR) is 99.3 cm³/mol. The maximum Gasteiger partial charge on any atom is 0.241 e. The topological polar surface area (TPSA) is 52.6 Å². The zero-order valence-corrected chi connectivity index (χ0v) is 15.5. The summed E-state index contributed by atoms with van der Waals surface area (Å²) in [5.74, 6) is 0.467. The summed E-state index contributed by atoms with van der Waals surface area (Å²) in [5.41, 5.74) is 2.12. The Labute approximate surface area is 146 Å². The number of nitrogens with zero attached hydrogens (tertiary/aromatic N) is 1.